The Morgan fingerprint density at radius 1 is 1.14 bits per heavy atom. The van der Waals surface area contributed by atoms with E-state index in [1.165, 1.54) is 5.56 Å². The number of aliphatic hydroxyl groups is 1. The molecule has 1 saturated heterocycles. The number of hydrogen-bond acceptors (Lipinski definition) is 2. The summed E-state index contributed by atoms with van der Waals surface area (Å²) in [5.74, 6) is -0.0345. The molecule has 0 amide bonds. The lowest BCUT2D eigenvalue weighted by molar-refractivity contribution is 0.119. The highest BCUT2D eigenvalue weighted by molar-refractivity contribution is 6.30. The minimum Gasteiger partial charge on any atom is -0.391 e. The van der Waals surface area contributed by atoms with E-state index < -0.39 is 6.10 Å². The first-order valence-electron chi connectivity index (χ1n) is 7.88. The van der Waals surface area contributed by atoms with E-state index in [2.05, 4.69) is 36.5 Å². The van der Waals surface area contributed by atoms with Gasteiger partial charge >= 0.3 is 0 Å². The minimum absolute atomic E-state index is 0.0345. The standard InChI is InChI=1S/C19H22ClNO/c1-13-4-2-5-15(12-13)18(14-7-9-16(20)10-8-14)19(22)17-6-3-11-21-17/h2,4-5,7-10,12,17-19,21-22H,3,6,11H2,1H3/t17-,18+,19+/m1/s1. The fourth-order valence-corrected chi connectivity index (χ4v) is 3.48. The molecule has 3 rings (SSSR count). The molecule has 1 heterocycles. The first kappa shape index (κ1) is 15.5. The molecule has 1 aliphatic heterocycles. The molecule has 0 spiro atoms. The average molecular weight is 316 g/mol. The molecular weight excluding hydrogens is 294 g/mol. The maximum Gasteiger partial charge on any atom is 0.0802 e. The van der Waals surface area contributed by atoms with E-state index in [0.717, 1.165) is 35.5 Å². The van der Waals surface area contributed by atoms with Crippen molar-refractivity contribution in [3.05, 3.63) is 70.2 Å². The lowest BCUT2D eigenvalue weighted by Crippen LogP contribution is -2.39. The highest BCUT2D eigenvalue weighted by Gasteiger charge is 2.31. The van der Waals surface area contributed by atoms with Crippen molar-refractivity contribution in [3.8, 4) is 0 Å². The lowest BCUT2D eigenvalue weighted by atomic mass is 9.82. The molecule has 0 bridgehead atoms. The van der Waals surface area contributed by atoms with Gasteiger partial charge < -0.3 is 10.4 Å². The Hall–Kier alpha value is -1.35. The summed E-state index contributed by atoms with van der Waals surface area (Å²) in [7, 11) is 0. The smallest absolute Gasteiger partial charge is 0.0802 e. The zero-order valence-corrected chi connectivity index (χ0v) is 13.6. The molecule has 3 atom stereocenters. The molecular formula is C19H22ClNO. The van der Waals surface area contributed by atoms with Gasteiger partial charge in [0.2, 0.25) is 0 Å². The number of aliphatic hydroxyl groups excluding tert-OH is 1. The SMILES string of the molecule is Cc1cccc([C@H](c2ccc(Cl)cc2)[C@@H](O)[C@H]2CCCN2)c1. The van der Waals surface area contributed by atoms with Gasteiger partial charge in [-0.25, -0.2) is 0 Å². The van der Waals surface area contributed by atoms with Crippen LogP contribution in [-0.2, 0) is 0 Å². The molecule has 1 aliphatic rings. The summed E-state index contributed by atoms with van der Waals surface area (Å²) in [6.07, 6.45) is 1.71. The van der Waals surface area contributed by atoms with Gasteiger partial charge in [0.1, 0.15) is 0 Å². The molecule has 22 heavy (non-hydrogen) atoms. The van der Waals surface area contributed by atoms with Crippen LogP contribution in [0.2, 0.25) is 5.02 Å². The first-order valence-corrected chi connectivity index (χ1v) is 8.26. The minimum atomic E-state index is -0.439. The number of rotatable bonds is 4. The molecule has 2 aromatic rings. The van der Waals surface area contributed by atoms with E-state index in [1.54, 1.807) is 0 Å². The van der Waals surface area contributed by atoms with Crippen LogP contribution in [0.4, 0.5) is 0 Å². The molecule has 0 aromatic heterocycles. The lowest BCUT2D eigenvalue weighted by Gasteiger charge is -2.29. The summed E-state index contributed by atoms with van der Waals surface area (Å²) >= 11 is 6.02. The number of hydrogen-bond donors (Lipinski definition) is 2. The third kappa shape index (κ3) is 3.35. The van der Waals surface area contributed by atoms with Gasteiger partial charge in [-0.2, -0.15) is 0 Å². The maximum atomic E-state index is 11.0. The van der Waals surface area contributed by atoms with Crippen molar-refractivity contribution >= 4 is 11.6 Å². The van der Waals surface area contributed by atoms with Crippen LogP contribution < -0.4 is 5.32 Å². The predicted molar refractivity (Wildman–Crippen MR) is 91.5 cm³/mol. The Labute approximate surface area is 137 Å². The van der Waals surface area contributed by atoms with Gasteiger partial charge in [-0.05, 0) is 49.6 Å². The van der Waals surface area contributed by atoms with Crippen LogP contribution in [0.1, 0.15) is 35.4 Å². The van der Waals surface area contributed by atoms with Gasteiger partial charge in [0.05, 0.1) is 6.10 Å². The van der Waals surface area contributed by atoms with E-state index in [0.29, 0.717) is 0 Å². The largest absolute Gasteiger partial charge is 0.391 e. The van der Waals surface area contributed by atoms with Gasteiger partial charge in [-0.1, -0.05) is 53.6 Å². The molecule has 2 aromatic carbocycles. The Kier molecular flexibility index (Phi) is 4.82. The monoisotopic (exact) mass is 315 g/mol. The summed E-state index contributed by atoms with van der Waals surface area (Å²) in [4.78, 5) is 0. The van der Waals surface area contributed by atoms with Crippen molar-refractivity contribution in [1.29, 1.82) is 0 Å². The van der Waals surface area contributed by atoms with Crippen LogP contribution in [0.5, 0.6) is 0 Å². The molecule has 3 heteroatoms. The third-order valence-corrected chi connectivity index (χ3v) is 4.73. The molecule has 116 valence electrons. The van der Waals surface area contributed by atoms with Gasteiger partial charge in [0.25, 0.3) is 0 Å². The Bertz CT molecular complexity index is 620. The highest BCUT2D eigenvalue weighted by atomic mass is 35.5. The first-order chi connectivity index (χ1) is 10.6. The van der Waals surface area contributed by atoms with Crippen molar-refractivity contribution in [2.75, 3.05) is 6.54 Å². The number of halogens is 1. The predicted octanol–water partition coefficient (Wildman–Crippen LogP) is 3.89. The van der Waals surface area contributed by atoms with Crippen molar-refractivity contribution in [1.82, 2.24) is 5.32 Å². The summed E-state index contributed by atoms with van der Waals surface area (Å²) in [6.45, 7) is 3.07. The van der Waals surface area contributed by atoms with Crippen molar-refractivity contribution in [3.63, 3.8) is 0 Å². The zero-order chi connectivity index (χ0) is 15.5. The zero-order valence-electron chi connectivity index (χ0n) is 12.8. The third-order valence-electron chi connectivity index (χ3n) is 4.48. The van der Waals surface area contributed by atoms with Crippen LogP contribution >= 0.6 is 11.6 Å². The fourth-order valence-electron chi connectivity index (χ4n) is 3.36. The summed E-state index contributed by atoms with van der Waals surface area (Å²) in [5, 5.41) is 15.1. The molecule has 0 aliphatic carbocycles. The molecule has 0 unspecified atom stereocenters. The second kappa shape index (κ2) is 6.82. The van der Waals surface area contributed by atoms with E-state index in [4.69, 9.17) is 11.6 Å². The topological polar surface area (TPSA) is 32.3 Å². The Morgan fingerprint density at radius 3 is 2.55 bits per heavy atom. The van der Waals surface area contributed by atoms with Crippen LogP contribution in [0.3, 0.4) is 0 Å². The summed E-state index contributed by atoms with van der Waals surface area (Å²) < 4.78 is 0. The number of nitrogens with one attached hydrogen (secondary N) is 1. The van der Waals surface area contributed by atoms with E-state index in [1.807, 2.05) is 24.3 Å². The molecule has 0 saturated carbocycles. The van der Waals surface area contributed by atoms with Gasteiger partial charge in [0.15, 0.2) is 0 Å². The van der Waals surface area contributed by atoms with Gasteiger partial charge in [-0.15, -0.1) is 0 Å². The molecule has 1 fully saturated rings. The molecule has 2 N–H and O–H groups in total. The van der Waals surface area contributed by atoms with Crippen LogP contribution in [0.15, 0.2) is 48.5 Å². The fraction of sp³-hybridized carbons (Fsp3) is 0.368. The number of benzene rings is 2. The van der Waals surface area contributed by atoms with Gasteiger partial charge in [-0.3, -0.25) is 0 Å². The van der Waals surface area contributed by atoms with E-state index in [-0.39, 0.29) is 12.0 Å². The number of aryl methyl sites for hydroxylation is 1. The second-order valence-electron chi connectivity index (χ2n) is 6.14. The maximum absolute atomic E-state index is 11.0. The molecule has 0 radical (unpaired) electrons. The van der Waals surface area contributed by atoms with Gasteiger partial charge in [0, 0.05) is 17.0 Å². The van der Waals surface area contributed by atoms with Crippen LogP contribution in [0, 0.1) is 6.92 Å². The molecule has 2 nitrogen and oxygen atoms in total. The summed E-state index contributed by atoms with van der Waals surface area (Å²) in [5.41, 5.74) is 3.47. The second-order valence-corrected chi connectivity index (χ2v) is 6.57. The van der Waals surface area contributed by atoms with Crippen LogP contribution in [-0.4, -0.2) is 23.8 Å². The average Bonchev–Trinajstić information content (AvgIpc) is 3.04. The quantitative estimate of drug-likeness (QED) is 0.897. The summed E-state index contributed by atoms with van der Waals surface area (Å²) in [6, 6.07) is 16.4. The normalized spacial score (nSPS) is 20.8. The van der Waals surface area contributed by atoms with Crippen molar-refractivity contribution < 1.29 is 5.11 Å². The van der Waals surface area contributed by atoms with Crippen LogP contribution in [0.25, 0.3) is 0 Å². The Balaban J connectivity index is 1.99. The van der Waals surface area contributed by atoms with Crippen molar-refractivity contribution in [2.24, 2.45) is 0 Å². The Morgan fingerprint density at radius 2 is 1.91 bits per heavy atom. The van der Waals surface area contributed by atoms with E-state index in [9.17, 15) is 5.11 Å². The highest BCUT2D eigenvalue weighted by Crippen LogP contribution is 2.32. The van der Waals surface area contributed by atoms with E-state index >= 15 is 0 Å². The van der Waals surface area contributed by atoms with Crippen molar-refractivity contribution in [2.45, 2.75) is 37.8 Å².